The van der Waals surface area contributed by atoms with Gasteiger partial charge in [0.25, 0.3) is 5.91 Å². The number of carbonyl (C=O) groups is 1. The standard InChI is InChI=1S/C13H14N2O2S/c1-9-12(18-8-14-9)13(16)15(10-4-5-10)7-11-3-2-6-17-11/h2-3,6,8,10H,4-5,7H2,1H3. The average Bonchev–Trinajstić information content (AvgIpc) is 2.89. The second-order valence-electron chi connectivity index (χ2n) is 4.51. The molecule has 0 aromatic carbocycles. The lowest BCUT2D eigenvalue weighted by Gasteiger charge is -2.20. The van der Waals surface area contributed by atoms with Crippen molar-refractivity contribution >= 4 is 17.2 Å². The van der Waals surface area contributed by atoms with Gasteiger partial charge in [-0.25, -0.2) is 4.98 Å². The normalized spacial score (nSPS) is 14.7. The molecule has 1 aliphatic carbocycles. The molecule has 18 heavy (non-hydrogen) atoms. The number of carbonyl (C=O) groups excluding carboxylic acids is 1. The lowest BCUT2D eigenvalue weighted by Crippen LogP contribution is -2.32. The summed E-state index contributed by atoms with van der Waals surface area (Å²) in [5, 5.41) is 0. The van der Waals surface area contributed by atoms with Crippen LogP contribution < -0.4 is 0 Å². The first-order chi connectivity index (χ1) is 8.75. The molecular weight excluding hydrogens is 248 g/mol. The van der Waals surface area contributed by atoms with E-state index in [-0.39, 0.29) is 5.91 Å². The summed E-state index contributed by atoms with van der Waals surface area (Å²) in [6, 6.07) is 4.12. The molecule has 4 nitrogen and oxygen atoms in total. The number of aryl methyl sites for hydroxylation is 1. The van der Waals surface area contributed by atoms with Crippen LogP contribution in [0.4, 0.5) is 0 Å². The van der Waals surface area contributed by atoms with Crippen LogP contribution in [0.25, 0.3) is 0 Å². The van der Waals surface area contributed by atoms with E-state index in [0.29, 0.717) is 12.6 Å². The van der Waals surface area contributed by atoms with Crippen LogP contribution in [0.2, 0.25) is 0 Å². The molecule has 0 aliphatic heterocycles. The van der Waals surface area contributed by atoms with Gasteiger partial charge in [-0.15, -0.1) is 11.3 Å². The van der Waals surface area contributed by atoms with Crippen molar-refractivity contribution in [2.24, 2.45) is 0 Å². The molecule has 0 radical (unpaired) electrons. The fraction of sp³-hybridized carbons (Fsp3) is 0.385. The Balaban J connectivity index is 1.82. The van der Waals surface area contributed by atoms with Crippen LogP contribution >= 0.6 is 11.3 Å². The Bertz CT molecular complexity index is 543. The summed E-state index contributed by atoms with van der Waals surface area (Å²) in [5.74, 6) is 0.909. The molecule has 0 saturated heterocycles. The Labute approximate surface area is 109 Å². The minimum Gasteiger partial charge on any atom is -0.467 e. The van der Waals surface area contributed by atoms with E-state index >= 15 is 0 Å². The molecule has 0 spiro atoms. The molecule has 1 fully saturated rings. The molecule has 94 valence electrons. The van der Waals surface area contributed by atoms with Crippen molar-refractivity contribution in [3.05, 3.63) is 40.2 Å². The monoisotopic (exact) mass is 262 g/mol. The van der Waals surface area contributed by atoms with E-state index in [1.54, 1.807) is 11.8 Å². The van der Waals surface area contributed by atoms with Gasteiger partial charge in [0.15, 0.2) is 0 Å². The van der Waals surface area contributed by atoms with Crippen LogP contribution in [-0.4, -0.2) is 21.8 Å². The van der Waals surface area contributed by atoms with Crippen molar-refractivity contribution in [2.75, 3.05) is 0 Å². The quantitative estimate of drug-likeness (QED) is 0.851. The first-order valence-electron chi connectivity index (χ1n) is 5.99. The van der Waals surface area contributed by atoms with Gasteiger partial charge in [0, 0.05) is 6.04 Å². The fourth-order valence-electron chi connectivity index (χ4n) is 1.96. The smallest absolute Gasteiger partial charge is 0.266 e. The number of thiazole rings is 1. The van der Waals surface area contributed by atoms with Crippen LogP contribution in [0.3, 0.4) is 0 Å². The van der Waals surface area contributed by atoms with E-state index in [0.717, 1.165) is 29.2 Å². The summed E-state index contributed by atoms with van der Waals surface area (Å²) >= 11 is 1.41. The molecule has 0 N–H and O–H groups in total. The van der Waals surface area contributed by atoms with Gasteiger partial charge in [-0.3, -0.25) is 4.79 Å². The zero-order valence-corrected chi connectivity index (χ0v) is 10.9. The Hall–Kier alpha value is -1.62. The van der Waals surface area contributed by atoms with Crippen molar-refractivity contribution < 1.29 is 9.21 Å². The molecular formula is C13H14N2O2S. The number of rotatable bonds is 4. The second-order valence-corrected chi connectivity index (χ2v) is 5.37. The van der Waals surface area contributed by atoms with Crippen molar-refractivity contribution in [2.45, 2.75) is 32.4 Å². The second kappa shape index (κ2) is 4.57. The maximum absolute atomic E-state index is 12.5. The highest BCUT2D eigenvalue weighted by Crippen LogP contribution is 2.31. The van der Waals surface area contributed by atoms with E-state index in [4.69, 9.17) is 4.42 Å². The molecule has 1 saturated carbocycles. The first-order valence-corrected chi connectivity index (χ1v) is 6.87. The SMILES string of the molecule is Cc1ncsc1C(=O)N(Cc1ccco1)C1CC1. The van der Waals surface area contributed by atoms with Crippen LogP contribution in [0, 0.1) is 6.92 Å². The van der Waals surface area contributed by atoms with E-state index < -0.39 is 0 Å². The zero-order valence-electron chi connectivity index (χ0n) is 10.1. The molecule has 0 unspecified atom stereocenters. The van der Waals surface area contributed by atoms with Crippen molar-refractivity contribution in [1.29, 1.82) is 0 Å². The number of aromatic nitrogens is 1. The van der Waals surface area contributed by atoms with Gasteiger partial charge in [-0.2, -0.15) is 0 Å². The highest BCUT2D eigenvalue weighted by molar-refractivity contribution is 7.11. The third-order valence-electron chi connectivity index (χ3n) is 3.09. The van der Waals surface area contributed by atoms with Crippen LogP contribution in [0.5, 0.6) is 0 Å². The Morgan fingerprint density at radius 3 is 3.00 bits per heavy atom. The predicted molar refractivity (Wildman–Crippen MR) is 68.5 cm³/mol. The first kappa shape index (κ1) is 11.5. The molecule has 1 aliphatic rings. The van der Waals surface area contributed by atoms with Gasteiger partial charge in [0.1, 0.15) is 10.6 Å². The fourth-order valence-corrected chi connectivity index (χ4v) is 2.72. The summed E-state index contributed by atoms with van der Waals surface area (Å²) in [5.41, 5.74) is 2.54. The third-order valence-corrected chi connectivity index (χ3v) is 4.01. The van der Waals surface area contributed by atoms with E-state index in [1.165, 1.54) is 11.3 Å². The van der Waals surface area contributed by atoms with Crippen molar-refractivity contribution in [3.63, 3.8) is 0 Å². The van der Waals surface area contributed by atoms with E-state index in [1.807, 2.05) is 24.0 Å². The number of amides is 1. The highest BCUT2D eigenvalue weighted by Gasteiger charge is 2.34. The van der Waals surface area contributed by atoms with Crippen molar-refractivity contribution in [1.82, 2.24) is 9.88 Å². The number of hydrogen-bond acceptors (Lipinski definition) is 4. The third kappa shape index (κ3) is 2.18. The molecule has 3 rings (SSSR count). The minimum absolute atomic E-state index is 0.0777. The molecule has 0 bridgehead atoms. The largest absolute Gasteiger partial charge is 0.467 e. The highest BCUT2D eigenvalue weighted by atomic mass is 32.1. The average molecular weight is 262 g/mol. The Kier molecular flexibility index (Phi) is 2.91. The molecule has 2 aromatic rings. The lowest BCUT2D eigenvalue weighted by atomic mass is 10.3. The minimum atomic E-state index is 0.0777. The number of furan rings is 1. The Morgan fingerprint density at radius 2 is 2.44 bits per heavy atom. The summed E-state index contributed by atoms with van der Waals surface area (Å²) in [4.78, 5) is 19.3. The summed E-state index contributed by atoms with van der Waals surface area (Å²) in [6.45, 7) is 2.43. The lowest BCUT2D eigenvalue weighted by molar-refractivity contribution is 0.0721. The molecule has 5 heteroatoms. The Morgan fingerprint density at radius 1 is 1.61 bits per heavy atom. The van der Waals surface area contributed by atoms with Gasteiger partial charge in [-0.1, -0.05) is 0 Å². The molecule has 1 amide bonds. The number of nitrogens with zero attached hydrogens (tertiary/aromatic N) is 2. The van der Waals surface area contributed by atoms with Crippen LogP contribution in [0.15, 0.2) is 28.3 Å². The van der Waals surface area contributed by atoms with Crippen LogP contribution in [0.1, 0.15) is 34.0 Å². The predicted octanol–water partition coefficient (Wildman–Crippen LogP) is 2.85. The van der Waals surface area contributed by atoms with Gasteiger partial charge in [0.2, 0.25) is 0 Å². The van der Waals surface area contributed by atoms with Gasteiger partial charge < -0.3 is 9.32 Å². The maximum Gasteiger partial charge on any atom is 0.266 e. The van der Waals surface area contributed by atoms with E-state index in [9.17, 15) is 4.79 Å². The molecule has 0 atom stereocenters. The van der Waals surface area contributed by atoms with Crippen LogP contribution in [-0.2, 0) is 6.54 Å². The summed E-state index contributed by atoms with van der Waals surface area (Å²) < 4.78 is 5.33. The summed E-state index contributed by atoms with van der Waals surface area (Å²) in [7, 11) is 0. The summed E-state index contributed by atoms with van der Waals surface area (Å²) in [6.07, 6.45) is 3.82. The van der Waals surface area contributed by atoms with E-state index in [2.05, 4.69) is 4.98 Å². The molecule has 2 heterocycles. The van der Waals surface area contributed by atoms with Gasteiger partial charge >= 0.3 is 0 Å². The van der Waals surface area contributed by atoms with Crippen molar-refractivity contribution in [3.8, 4) is 0 Å². The van der Waals surface area contributed by atoms with Gasteiger partial charge in [0.05, 0.1) is 24.0 Å². The van der Waals surface area contributed by atoms with Gasteiger partial charge in [-0.05, 0) is 31.9 Å². The topological polar surface area (TPSA) is 46.3 Å². The zero-order chi connectivity index (χ0) is 12.5. The maximum atomic E-state index is 12.5. The number of hydrogen-bond donors (Lipinski definition) is 0. The molecule has 2 aromatic heterocycles.